The van der Waals surface area contributed by atoms with Crippen LogP contribution in [-0.2, 0) is 4.74 Å². The molecule has 3 rings (SSSR count). The predicted molar refractivity (Wildman–Crippen MR) is 106 cm³/mol. The molecule has 2 atom stereocenters. The number of pyridine rings is 1. The maximum Gasteiger partial charge on any atom is 0.407 e. The van der Waals surface area contributed by atoms with Gasteiger partial charge in [0.15, 0.2) is 0 Å². The van der Waals surface area contributed by atoms with Gasteiger partial charge < -0.3 is 15.0 Å². The number of aryl methyl sites for hydroxylation is 1. The lowest BCUT2D eigenvalue weighted by Crippen LogP contribution is -2.51. The number of fused-ring (bicyclic) bond motifs is 1. The first-order valence-corrected chi connectivity index (χ1v) is 9.32. The second kappa shape index (κ2) is 7.14. The number of nitrogens with one attached hydrogen (secondary N) is 1. The van der Waals surface area contributed by atoms with E-state index in [0.29, 0.717) is 5.92 Å². The molecule has 0 saturated carbocycles. The summed E-state index contributed by atoms with van der Waals surface area (Å²) in [5.74, 6) is 0.483. The minimum Gasteiger partial charge on any atom is -0.444 e. The molecule has 0 spiro atoms. The normalized spacial score (nSPS) is 20.9. The van der Waals surface area contributed by atoms with Gasteiger partial charge in [0.1, 0.15) is 5.60 Å². The van der Waals surface area contributed by atoms with E-state index in [4.69, 9.17) is 4.74 Å². The van der Waals surface area contributed by atoms with Gasteiger partial charge in [-0.15, -0.1) is 0 Å². The van der Waals surface area contributed by atoms with Crippen LogP contribution >= 0.6 is 0 Å². The molecule has 0 unspecified atom stereocenters. The number of piperidine rings is 1. The van der Waals surface area contributed by atoms with Gasteiger partial charge in [-0.2, -0.15) is 0 Å². The number of alkyl carbamates (subject to hydrolysis) is 1. The Bertz CT molecular complexity index is 797. The SMILES string of the molecule is Cc1ccc(N2C[C@@H](C)C[C@@H](NC(=O)OC(C)(C)C)C2)c2cccnc12. The van der Waals surface area contributed by atoms with Crippen molar-refractivity contribution in [1.29, 1.82) is 0 Å². The number of nitrogens with zero attached hydrogens (tertiary/aromatic N) is 2. The number of hydrogen-bond acceptors (Lipinski definition) is 4. The van der Waals surface area contributed by atoms with Gasteiger partial charge in [0.2, 0.25) is 0 Å². The van der Waals surface area contributed by atoms with Crippen LogP contribution in [0.3, 0.4) is 0 Å². The zero-order valence-corrected chi connectivity index (χ0v) is 16.4. The molecule has 0 aliphatic carbocycles. The van der Waals surface area contributed by atoms with Gasteiger partial charge in [-0.05, 0) is 63.8 Å². The lowest BCUT2D eigenvalue weighted by molar-refractivity contribution is 0.0495. The maximum absolute atomic E-state index is 12.2. The Labute approximate surface area is 155 Å². The Kier molecular flexibility index (Phi) is 5.08. The molecule has 0 bridgehead atoms. The predicted octanol–water partition coefficient (Wildman–Crippen LogP) is 4.28. The summed E-state index contributed by atoms with van der Waals surface area (Å²) >= 11 is 0. The van der Waals surface area contributed by atoms with Crippen molar-refractivity contribution in [3.63, 3.8) is 0 Å². The molecular weight excluding hydrogens is 326 g/mol. The minimum absolute atomic E-state index is 0.0709. The minimum atomic E-state index is -0.483. The fraction of sp³-hybridized carbons (Fsp3) is 0.524. The summed E-state index contributed by atoms with van der Waals surface area (Å²) in [6, 6.07) is 8.47. The van der Waals surface area contributed by atoms with Crippen LogP contribution in [0.15, 0.2) is 30.5 Å². The molecule has 0 radical (unpaired) electrons. The van der Waals surface area contributed by atoms with Gasteiger partial charge in [-0.25, -0.2) is 4.79 Å². The molecular formula is C21H29N3O2. The summed E-state index contributed by atoms with van der Waals surface area (Å²) in [5, 5.41) is 4.21. The quantitative estimate of drug-likeness (QED) is 0.873. The highest BCUT2D eigenvalue weighted by atomic mass is 16.6. The topological polar surface area (TPSA) is 54.5 Å². The van der Waals surface area contributed by atoms with Crippen LogP contribution in [0.5, 0.6) is 0 Å². The average molecular weight is 355 g/mol. The summed E-state index contributed by atoms with van der Waals surface area (Å²) in [6.45, 7) is 11.7. The number of benzene rings is 1. The standard InChI is InChI=1S/C21H29N3O2/c1-14-11-16(23-20(25)26-21(3,4)5)13-24(12-14)18-9-8-15(2)19-17(18)7-6-10-22-19/h6-10,14,16H,11-13H2,1-5H3,(H,23,25)/t14-,16+/m0/s1. The van der Waals surface area contributed by atoms with Crippen LogP contribution in [0.2, 0.25) is 0 Å². The zero-order valence-electron chi connectivity index (χ0n) is 16.4. The van der Waals surface area contributed by atoms with Crippen LogP contribution in [0.25, 0.3) is 10.9 Å². The molecule has 2 aromatic rings. The molecule has 1 aliphatic rings. The van der Waals surface area contributed by atoms with Crippen LogP contribution in [-0.4, -0.2) is 35.8 Å². The summed E-state index contributed by atoms with van der Waals surface area (Å²) in [5.41, 5.74) is 2.92. The monoisotopic (exact) mass is 355 g/mol. The number of rotatable bonds is 2. The van der Waals surface area contributed by atoms with E-state index >= 15 is 0 Å². The summed E-state index contributed by atoms with van der Waals surface area (Å²) in [4.78, 5) is 19.1. The molecule has 2 heterocycles. The van der Waals surface area contributed by atoms with E-state index in [2.05, 4.69) is 47.2 Å². The number of aromatic nitrogens is 1. The highest BCUT2D eigenvalue weighted by Crippen LogP contribution is 2.31. The summed E-state index contributed by atoms with van der Waals surface area (Å²) < 4.78 is 5.42. The molecule has 1 aromatic heterocycles. The molecule has 1 aliphatic heterocycles. The lowest BCUT2D eigenvalue weighted by Gasteiger charge is -2.39. The zero-order chi connectivity index (χ0) is 18.9. The second-order valence-electron chi connectivity index (χ2n) is 8.39. The van der Waals surface area contributed by atoms with Gasteiger partial charge in [0.25, 0.3) is 0 Å². The number of amides is 1. The smallest absolute Gasteiger partial charge is 0.407 e. The third kappa shape index (κ3) is 4.26. The van der Waals surface area contributed by atoms with E-state index in [9.17, 15) is 4.79 Å². The first-order valence-electron chi connectivity index (χ1n) is 9.32. The van der Waals surface area contributed by atoms with Crippen molar-refractivity contribution < 1.29 is 9.53 Å². The van der Waals surface area contributed by atoms with Gasteiger partial charge in [-0.3, -0.25) is 4.98 Å². The van der Waals surface area contributed by atoms with Crippen LogP contribution in [0.1, 0.15) is 39.7 Å². The molecule has 1 saturated heterocycles. The van der Waals surface area contributed by atoms with E-state index in [0.717, 1.165) is 30.4 Å². The van der Waals surface area contributed by atoms with Crippen molar-refractivity contribution >= 4 is 22.7 Å². The Balaban J connectivity index is 1.81. The molecule has 1 fully saturated rings. The number of carbonyl (C=O) groups is 1. The third-order valence-corrected chi connectivity index (χ3v) is 4.67. The van der Waals surface area contributed by atoms with Crippen LogP contribution < -0.4 is 10.2 Å². The highest BCUT2D eigenvalue weighted by molar-refractivity contribution is 5.93. The highest BCUT2D eigenvalue weighted by Gasteiger charge is 2.28. The molecule has 5 nitrogen and oxygen atoms in total. The Morgan fingerprint density at radius 2 is 2.04 bits per heavy atom. The van der Waals surface area contributed by atoms with Gasteiger partial charge in [0.05, 0.1) is 5.52 Å². The van der Waals surface area contributed by atoms with Crippen molar-refractivity contribution in [2.24, 2.45) is 5.92 Å². The third-order valence-electron chi connectivity index (χ3n) is 4.67. The average Bonchev–Trinajstić information content (AvgIpc) is 2.53. The summed E-state index contributed by atoms with van der Waals surface area (Å²) in [7, 11) is 0. The molecule has 26 heavy (non-hydrogen) atoms. The largest absolute Gasteiger partial charge is 0.444 e. The Morgan fingerprint density at radius 1 is 1.27 bits per heavy atom. The van der Waals surface area contributed by atoms with Gasteiger partial charge >= 0.3 is 6.09 Å². The molecule has 1 amide bonds. The van der Waals surface area contributed by atoms with Crippen molar-refractivity contribution in [2.75, 3.05) is 18.0 Å². The van der Waals surface area contributed by atoms with Gasteiger partial charge in [-0.1, -0.05) is 13.0 Å². The lowest BCUT2D eigenvalue weighted by atomic mass is 9.94. The Hall–Kier alpha value is -2.30. The first kappa shape index (κ1) is 18.5. The van der Waals surface area contributed by atoms with E-state index in [1.807, 2.05) is 33.0 Å². The van der Waals surface area contributed by atoms with Crippen LogP contribution in [0, 0.1) is 12.8 Å². The van der Waals surface area contributed by atoms with Crippen molar-refractivity contribution in [3.05, 3.63) is 36.0 Å². The Morgan fingerprint density at radius 3 is 2.77 bits per heavy atom. The van der Waals surface area contributed by atoms with Crippen molar-refractivity contribution in [3.8, 4) is 0 Å². The first-order chi connectivity index (χ1) is 12.2. The number of carbonyl (C=O) groups excluding carboxylic acids is 1. The van der Waals surface area contributed by atoms with E-state index in [-0.39, 0.29) is 12.1 Å². The molecule has 140 valence electrons. The number of anilines is 1. The van der Waals surface area contributed by atoms with E-state index in [1.54, 1.807) is 0 Å². The summed E-state index contributed by atoms with van der Waals surface area (Å²) in [6.07, 6.45) is 2.45. The molecule has 5 heteroatoms. The van der Waals surface area contributed by atoms with Crippen molar-refractivity contribution in [1.82, 2.24) is 10.3 Å². The molecule has 1 N–H and O–H groups in total. The maximum atomic E-state index is 12.2. The van der Waals surface area contributed by atoms with Crippen molar-refractivity contribution in [2.45, 2.75) is 52.7 Å². The van der Waals surface area contributed by atoms with E-state index < -0.39 is 5.60 Å². The fourth-order valence-electron chi connectivity index (χ4n) is 3.70. The molecule has 1 aromatic carbocycles. The number of hydrogen-bond donors (Lipinski definition) is 1. The van der Waals surface area contributed by atoms with Crippen LogP contribution in [0.4, 0.5) is 10.5 Å². The van der Waals surface area contributed by atoms with Gasteiger partial charge in [0, 0.05) is 36.4 Å². The van der Waals surface area contributed by atoms with E-state index in [1.165, 1.54) is 11.3 Å². The number of ether oxygens (including phenoxy) is 1. The fourth-order valence-corrected chi connectivity index (χ4v) is 3.70. The second-order valence-corrected chi connectivity index (χ2v) is 8.39.